The summed E-state index contributed by atoms with van der Waals surface area (Å²) in [5.74, 6) is -3.10. The van der Waals surface area contributed by atoms with Crippen molar-refractivity contribution in [2.45, 2.75) is 37.8 Å². The molecule has 33 heavy (non-hydrogen) atoms. The van der Waals surface area contributed by atoms with Gasteiger partial charge in [0.25, 0.3) is 5.91 Å². The molecule has 7 nitrogen and oxygen atoms in total. The smallest absolute Gasteiger partial charge is 0.252 e. The van der Waals surface area contributed by atoms with E-state index >= 15 is 0 Å². The van der Waals surface area contributed by atoms with Gasteiger partial charge in [0, 0.05) is 35.6 Å². The quantitative estimate of drug-likeness (QED) is 0.444. The van der Waals surface area contributed by atoms with E-state index in [9.17, 15) is 18.0 Å². The number of anilines is 3. The standard InChI is InChI=1S/C23H23F3N6O/c24-12-5-6-14(16(25)9-12)20-10-13(7-8-29-20)30-22-15(21(28)33)11-17(26)23(32-22)31-19-4-2-1-3-18(19)27/h5-11,18-19H,1-4,27H2,(H2,28,33)(H2,29,30,31,32). The minimum absolute atomic E-state index is 0.0208. The molecule has 1 aliphatic rings. The third-order valence-corrected chi connectivity index (χ3v) is 5.61. The Labute approximate surface area is 188 Å². The number of amides is 1. The fraction of sp³-hybridized carbons (Fsp3) is 0.261. The van der Waals surface area contributed by atoms with Crippen LogP contribution in [0.2, 0.25) is 0 Å². The van der Waals surface area contributed by atoms with Crippen LogP contribution in [-0.2, 0) is 0 Å². The lowest BCUT2D eigenvalue weighted by Gasteiger charge is -2.30. The molecule has 6 N–H and O–H groups in total. The molecule has 2 unspecified atom stereocenters. The normalized spacial score (nSPS) is 18.1. The molecule has 2 atom stereocenters. The largest absolute Gasteiger partial charge is 0.365 e. The van der Waals surface area contributed by atoms with E-state index in [1.165, 1.54) is 18.3 Å². The van der Waals surface area contributed by atoms with Crippen molar-refractivity contribution >= 4 is 23.2 Å². The summed E-state index contributed by atoms with van der Waals surface area (Å²) in [7, 11) is 0. The van der Waals surface area contributed by atoms with Crippen molar-refractivity contribution in [1.29, 1.82) is 0 Å². The molecule has 0 radical (unpaired) electrons. The molecule has 172 valence electrons. The van der Waals surface area contributed by atoms with Crippen LogP contribution < -0.4 is 22.1 Å². The molecular weight excluding hydrogens is 433 g/mol. The van der Waals surface area contributed by atoms with E-state index in [2.05, 4.69) is 20.6 Å². The number of hydrogen-bond donors (Lipinski definition) is 4. The molecule has 2 aromatic heterocycles. The van der Waals surface area contributed by atoms with E-state index in [4.69, 9.17) is 11.5 Å². The first kappa shape index (κ1) is 22.5. The summed E-state index contributed by atoms with van der Waals surface area (Å²) in [5.41, 5.74) is 12.1. The van der Waals surface area contributed by atoms with Crippen LogP contribution in [0.15, 0.2) is 42.6 Å². The van der Waals surface area contributed by atoms with E-state index < -0.39 is 23.4 Å². The Morgan fingerprint density at radius 2 is 1.79 bits per heavy atom. The van der Waals surface area contributed by atoms with Gasteiger partial charge in [-0.3, -0.25) is 9.78 Å². The minimum Gasteiger partial charge on any atom is -0.365 e. The zero-order chi connectivity index (χ0) is 23.5. The molecule has 0 spiro atoms. The summed E-state index contributed by atoms with van der Waals surface area (Å²) in [4.78, 5) is 20.3. The fourth-order valence-electron chi connectivity index (χ4n) is 3.88. The maximum absolute atomic E-state index is 14.7. The van der Waals surface area contributed by atoms with Gasteiger partial charge in [0.2, 0.25) is 0 Å². The van der Waals surface area contributed by atoms with Gasteiger partial charge in [0.1, 0.15) is 17.5 Å². The lowest BCUT2D eigenvalue weighted by atomic mass is 9.91. The summed E-state index contributed by atoms with van der Waals surface area (Å²) in [6.45, 7) is 0. The molecule has 1 aliphatic carbocycles. The van der Waals surface area contributed by atoms with Crippen LogP contribution in [0.1, 0.15) is 36.0 Å². The summed E-state index contributed by atoms with van der Waals surface area (Å²) in [5, 5.41) is 5.97. The summed E-state index contributed by atoms with van der Waals surface area (Å²) in [6.07, 6.45) is 5.00. The zero-order valence-electron chi connectivity index (χ0n) is 17.6. The van der Waals surface area contributed by atoms with Crippen LogP contribution in [0.5, 0.6) is 0 Å². The highest BCUT2D eigenvalue weighted by Crippen LogP contribution is 2.29. The first-order chi connectivity index (χ1) is 15.8. The molecule has 1 amide bonds. The highest BCUT2D eigenvalue weighted by molar-refractivity contribution is 5.98. The number of benzene rings is 1. The van der Waals surface area contributed by atoms with Gasteiger partial charge in [-0.1, -0.05) is 12.8 Å². The average Bonchev–Trinajstić information content (AvgIpc) is 2.77. The highest BCUT2D eigenvalue weighted by atomic mass is 19.1. The van der Waals surface area contributed by atoms with Crippen LogP contribution in [-0.4, -0.2) is 28.0 Å². The van der Waals surface area contributed by atoms with Crippen molar-refractivity contribution < 1.29 is 18.0 Å². The third-order valence-electron chi connectivity index (χ3n) is 5.61. The Morgan fingerprint density at radius 3 is 2.52 bits per heavy atom. The monoisotopic (exact) mass is 456 g/mol. The summed E-state index contributed by atoms with van der Waals surface area (Å²) in [6, 6.07) is 6.94. The first-order valence-electron chi connectivity index (χ1n) is 10.5. The summed E-state index contributed by atoms with van der Waals surface area (Å²) < 4.78 is 42.1. The van der Waals surface area contributed by atoms with Gasteiger partial charge in [-0.15, -0.1) is 0 Å². The molecule has 4 rings (SSSR count). The van der Waals surface area contributed by atoms with Gasteiger partial charge in [0.05, 0.1) is 11.3 Å². The second-order valence-corrected chi connectivity index (χ2v) is 7.96. The topological polar surface area (TPSA) is 119 Å². The van der Waals surface area contributed by atoms with E-state index in [0.717, 1.165) is 43.9 Å². The lowest BCUT2D eigenvalue weighted by molar-refractivity contribution is 0.100. The Balaban J connectivity index is 1.66. The Bertz CT molecular complexity index is 1190. The van der Waals surface area contributed by atoms with Crippen LogP contribution >= 0.6 is 0 Å². The number of pyridine rings is 2. The SMILES string of the molecule is NC(=O)c1cc(F)c(NC2CCCCC2N)nc1Nc1ccnc(-c2ccc(F)cc2F)c1. The number of aromatic nitrogens is 2. The van der Waals surface area contributed by atoms with Crippen molar-refractivity contribution in [3.05, 3.63) is 65.6 Å². The van der Waals surface area contributed by atoms with Crippen LogP contribution in [0, 0.1) is 17.5 Å². The van der Waals surface area contributed by atoms with Crippen molar-refractivity contribution in [2.75, 3.05) is 10.6 Å². The maximum atomic E-state index is 14.7. The molecule has 2 heterocycles. The number of nitrogens with two attached hydrogens (primary N) is 2. The molecule has 10 heteroatoms. The number of nitrogens with zero attached hydrogens (tertiary/aromatic N) is 2. The van der Waals surface area contributed by atoms with Crippen molar-refractivity contribution in [2.24, 2.45) is 11.5 Å². The van der Waals surface area contributed by atoms with E-state index in [1.54, 1.807) is 6.07 Å². The number of halogens is 3. The average molecular weight is 456 g/mol. The van der Waals surface area contributed by atoms with E-state index in [-0.39, 0.29) is 40.5 Å². The van der Waals surface area contributed by atoms with Crippen molar-refractivity contribution in [3.63, 3.8) is 0 Å². The Morgan fingerprint density at radius 1 is 1.00 bits per heavy atom. The van der Waals surface area contributed by atoms with Gasteiger partial charge < -0.3 is 22.1 Å². The molecule has 1 aromatic carbocycles. The van der Waals surface area contributed by atoms with Gasteiger partial charge in [0.15, 0.2) is 11.6 Å². The van der Waals surface area contributed by atoms with Crippen molar-refractivity contribution in [1.82, 2.24) is 9.97 Å². The number of carbonyl (C=O) groups excluding carboxylic acids is 1. The molecule has 0 bridgehead atoms. The van der Waals surface area contributed by atoms with Gasteiger partial charge in [-0.2, -0.15) is 0 Å². The molecule has 0 saturated heterocycles. The number of rotatable bonds is 6. The second kappa shape index (κ2) is 9.45. The van der Waals surface area contributed by atoms with Gasteiger partial charge in [-0.25, -0.2) is 18.2 Å². The van der Waals surface area contributed by atoms with Crippen LogP contribution in [0.4, 0.5) is 30.5 Å². The molecule has 1 saturated carbocycles. The highest BCUT2D eigenvalue weighted by Gasteiger charge is 2.24. The summed E-state index contributed by atoms with van der Waals surface area (Å²) >= 11 is 0. The first-order valence-corrected chi connectivity index (χ1v) is 10.5. The predicted octanol–water partition coefficient (Wildman–Crippen LogP) is 4.09. The molecular formula is C23H23F3N6O. The molecule has 1 fully saturated rings. The Kier molecular flexibility index (Phi) is 6.45. The molecule has 3 aromatic rings. The maximum Gasteiger partial charge on any atom is 0.252 e. The van der Waals surface area contributed by atoms with E-state index in [1.807, 2.05) is 0 Å². The Hall–Kier alpha value is -3.66. The van der Waals surface area contributed by atoms with Gasteiger partial charge in [-0.05, 0) is 43.2 Å². The molecule has 0 aliphatic heterocycles. The van der Waals surface area contributed by atoms with Crippen molar-refractivity contribution in [3.8, 4) is 11.3 Å². The van der Waals surface area contributed by atoms with Gasteiger partial charge >= 0.3 is 0 Å². The number of primary amides is 1. The second-order valence-electron chi connectivity index (χ2n) is 7.96. The fourth-order valence-corrected chi connectivity index (χ4v) is 3.88. The number of hydrogen-bond acceptors (Lipinski definition) is 6. The zero-order valence-corrected chi connectivity index (χ0v) is 17.6. The number of carbonyl (C=O) groups is 1. The lowest BCUT2D eigenvalue weighted by Crippen LogP contribution is -2.43. The number of nitrogens with one attached hydrogen (secondary N) is 2. The van der Waals surface area contributed by atoms with Crippen LogP contribution in [0.3, 0.4) is 0 Å². The predicted molar refractivity (Wildman–Crippen MR) is 119 cm³/mol. The van der Waals surface area contributed by atoms with E-state index in [0.29, 0.717) is 5.69 Å². The third kappa shape index (κ3) is 5.06. The minimum atomic E-state index is -0.872. The van der Waals surface area contributed by atoms with Crippen LogP contribution in [0.25, 0.3) is 11.3 Å².